The van der Waals surface area contributed by atoms with E-state index in [2.05, 4.69) is 18.6 Å². The molecule has 0 aromatic rings. The van der Waals surface area contributed by atoms with E-state index in [1.54, 1.807) is 4.90 Å². The van der Waals surface area contributed by atoms with Crippen LogP contribution < -0.4 is 5.73 Å². The third-order valence-corrected chi connectivity index (χ3v) is 3.31. The Bertz CT molecular complexity index is 301. The lowest BCUT2D eigenvalue weighted by Crippen LogP contribution is -2.41. The van der Waals surface area contributed by atoms with Gasteiger partial charge >= 0.3 is 5.97 Å². The molecule has 0 aliphatic rings. The molecule has 0 radical (unpaired) electrons. The zero-order valence-corrected chi connectivity index (χ0v) is 12.9. The molecule has 0 heterocycles. The molecule has 1 amide bonds. The van der Waals surface area contributed by atoms with E-state index < -0.39 is 0 Å². The van der Waals surface area contributed by atoms with Crippen molar-refractivity contribution in [3.05, 3.63) is 0 Å². The van der Waals surface area contributed by atoms with Gasteiger partial charge in [0.05, 0.1) is 7.11 Å². The Morgan fingerprint density at radius 1 is 1.26 bits per heavy atom. The average molecular weight is 272 g/mol. The third kappa shape index (κ3) is 7.15. The Kier molecular flexibility index (Phi) is 7.68. The van der Waals surface area contributed by atoms with E-state index in [1.807, 2.05) is 13.8 Å². The summed E-state index contributed by atoms with van der Waals surface area (Å²) >= 11 is 0. The molecule has 0 saturated carbocycles. The number of rotatable bonds is 8. The molecule has 0 aromatic carbocycles. The topological polar surface area (TPSA) is 72.6 Å². The van der Waals surface area contributed by atoms with Gasteiger partial charge in [-0.05, 0) is 38.6 Å². The Hall–Kier alpha value is -1.10. The number of nitrogens with two attached hydrogens (primary N) is 1. The number of carbonyl (C=O) groups excluding carboxylic acids is 2. The zero-order chi connectivity index (χ0) is 15.1. The quantitative estimate of drug-likeness (QED) is 0.680. The summed E-state index contributed by atoms with van der Waals surface area (Å²) in [6, 6.07) is -0.00998. The highest BCUT2D eigenvalue weighted by atomic mass is 16.5. The van der Waals surface area contributed by atoms with Gasteiger partial charge in [0.15, 0.2) is 0 Å². The fraction of sp³-hybridized carbons (Fsp3) is 0.857. The summed E-state index contributed by atoms with van der Waals surface area (Å²) in [5, 5.41) is 0. The van der Waals surface area contributed by atoms with Crippen molar-refractivity contribution >= 4 is 11.9 Å². The summed E-state index contributed by atoms with van der Waals surface area (Å²) in [7, 11) is 1.33. The number of methoxy groups -OCH3 is 1. The van der Waals surface area contributed by atoms with Crippen LogP contribution in [-0.2, 0) is 14.3 Å². The smallest absolute Gasteiger partial charge is 0.325 e. The Balaban J connectivity index is 4.45. The lowest BCUT2D eigenvalue weighted by atomic mass is 9.84. The maximum absolute atomic E-state index is 12.2. The maximum atomic E-state index is 12.2. The predicted molar refractivity (Wildman–Crippen MR) is 75.6 cm³/mol. The fourth-order valence-electron chi connectivity index (χ4n) is 1.87. The molecule has 0 atom stereocenters. The first kappa shape index (κ1) is 17.9. The number of nitrogens with zero attached hydrogens (tertiary/aromatic N) is 1. The summed E-state index contributed by atoms with van der Waals surface area (Å²) in [5.41, 5.74) is 5.61. The van der Waals surface area contributed by atoms with E-state index in [-0.39, 0.29) is 29.9 Å². The number of carbonyl (C=O) groups is 2. The van der Waals surface area contributed by atoms with Gasteiger partial charge in [-0.3, -0.25) is 9.59 Å². The van der Waals surface area contributed by atoms with E-state index in [0.29, 0.717) is 13.0 Å². The molecule has 5 nitrogen and oxygen atoms in total. The van der Waals surface area contributed by atoms with Crippen molar-refractivity contribution in [2.45, 2.75) is 53.0 Å². The molecule has 19 heavy (non-hydrogen) atoms. The third-order valence-electron chi connectivity index (χ3n) is 3.31. The van der Waals surface area contributed by atoms with E-state index in [0.717, 1.165) is 12.8 Å². The molecule has 2 N–H and O–H groups in total. The molecule has 0 rings (SSSR count). The lowest BCUT2D eigenvalue weighted by Gasteiger charge is -2.28. The van der Waals surface area contributed by atoms with Crippen LogP contribution in [0, 0.1) is 5.41 Å². The molecule has 0 unspecified atom stereocenters. The molecule has 0 spiro atoms. The Morgan fingerprint density at radius 2 is 1.84 bits per heavy atom. The zero-order valence-electron chi connectivity index (χ0n) is 12.9. The molecule has 0 aliphatic heterocycles. The number of hydrogen-bond acceptors (Lipinski definition) is 4. The fourth-order valence-corrected chi connectivity index (χ4v) is 1.87. The van der Waals surface area contributed by atoms with Gasteiger partial charge in [-0.2, -0.15) is 0 Å². The molecule has 0 aromatic heterocycles. The Morgan fingerprint density at radius 3 is 2.26 bits per heavy atom. The molecular formula is C14H28N2O3. The van der Waals surface area contributed by atoms with Gasteiger partial charge in [0.25, 0.3) is 0 Å². The molecular weight excluding hydrogens is 244 g/mol. The van der Waals surface area contributed by atoms with Gasteiger partial charge in [0.1, 0.15) is 6.54 Å². The summed E-state index contributed by atoms with van der Waals surface area (Å²) < 4.78 is 4.62. The summed E-state index contributed by atoms with van der Waals surface area (Å²) in [6.45, 7) is 8.64. The van der Waals surface area contributed by atoms with Crippen LogP contribution in [0.3, 0.4) is 0 Å². The number of amides is 1. The molecule has 0 saturated heterocycles. The lowest BCUT2D eigenvalue weighted by molar-refractivity contribution is -0.148. The van der Waals surface area contributed by atoms with Crippen molar-refractivity contribution in [3.63, 3.8) is 0 Å². The van der Waals surface area contributed by atoms with Gasteiger partial charge in [-0.25, -0.2) is 0 Å². The summed E-state index contributed by atoms with van der Waals surface area (Å²) in [4.78, 5) is 25.0. The number of esters is 1. The minimum absolute atomic E-state index is 0.00880. The van der Waals surface area contributed by atoms with Crippen molar-refractivity contribution in [2.24, 2.45) is 11.1 Å². The van der Waals surface area contributed by atoms with Gasteiger partial charge in [0.2, 0.25) is 5.91 Å². The van der Waals surface area contributed by atoms with Crippen LogP contribution in [0.4, 0.5) is 0 Å². The van der Waals surface area contributed by atoms with Crippen LogP contribution in [-0.4, -0.2) is 43.0 Å². The molecule has 5 heteroatoms. The van der Waals surface area contributed by atoms with Crippen LogP contribution in [0.15, 0.2) is 0 Å². The normalized spacial score (nSPS) is 11.5. The van der Waals surface area contributed by atoms with Crippen LogP contribution in [0.1, 0.15) is 47.0 Å². The first-order chi connectivity index (χ1) is 8.73. The van der Waals surface area contributed by atoms with Gasteiger partial charge < -0.3 is 15.4 Å². The van der Waals surface area contributed by atoms with E-state index in [4.69, 9.17) is 5.73 Å². The first-order valence-corrected chi connectivity index (χ1v) is 6.80. The second-order valence-corrected chi connectivity index (χ2v) is 5.89. The molecule has 0 aliphatic carbocycles. The van der Waals surface area contributed by atoms with Crippen LogP contribution >= 0.6 is 0 Å². The predicted octanol–water partition coefficient (Wildman–Crippen LogP) is 1.55. The van der Waals surface area contributed by atoms with Gasteiger partial charge in [-0.15, -0.1) is 0 Å². The van der Waals surface area contributed by atoms with Crippen molar-refractivity contribution in [3.8, 4) is 0 Å². The molecule has 0 bridgehead atoms. The average Bonchev–Trinajstić information content (AvgIpc) is 2.32. The van der Waals surface area contributed by atoms with Crippen LogP contribution in [0.25, 0.3) is 0 Å². The minimum atomic E-state index is -0.386. The Labute approximate surface area is 116 Å². The van der Waals surface area contributed by atoms with Crippen LogP contribution in [0.5, 0.6) is 0 Å². The maximum Gasteiger partial charge on any atom is 0.325 e. The van der Waals surface area contributed by atoms with Crippen molar-refractivity contribution in [2.75, 3.05) is 20.2 Å². The number of ether oxygens (including phenoxy) is 1. The highest BCUT2D eigenvalue weighted by molar-refractivity contribution is 5.82. The highest BCUT2D eigenvalue weighted by Gasteiger charge is 2.24. The first-order valence-electron chi connectivity index (χ1n) is 6.80. The SMILES string of the molecule is COC(=O)CN(C(=O)CCC(C)(C)CCN)C(C)C. The van der Waals surface area contributed by atoms with Crippen LogP contribution in [0.2, 0.25) is 0 Å². The van der Waals surface area contributed by atoms with Gasteiger partial charge in [0, 0.05) is 12.5 Å². The van der Waals surface area contributed by atoms with Crippen molar-refractivity contribution in [1.29, 1.82) is 0 Å². The minimum Gasteiger partial charge on any atom is -0.468 e. The molecule has 0 fully saturated rings. The van der Waals surface area contributed by atoms with E-state index in [1.165, 1.54) is 7.11 Å². The standard InChI is InChI=1S/C14H28N2O3/c1-11(2)16(10-13(18)19-5)12(17)6-7-14(3,4)8-9-15/h11H,6-10,15H2,1-5H3. The van der Waals surface area contributed by atoms with Gasteiger partial charge in [-0.1, -0.05) is 13.8 Å². The summed E-state index contributed by atoms with van der Waals surface area (Å²) in [5.74, 6) is -0.395. The van der Waals surface area contributed by atoms with Crippen molar-refractivity contribution in [1.82, 2.24) is 4.90 Å². The monoisotopic (exact) mass is 272 g/mol. The van der Waals surface area contributed by atoms with E-state index >= 15 is 0 Å². The largest absolute Gasteiger partial charge is 0.468 e. The van der Waals surface area contributed by atoms with E-state index in [9.17, 15) is 9.59 Å². The summed E-state index contributed by atoms with van der Waals surface area (Å²) in [6.07, 6.45) is 2.09. The second-order valence-electron chi connectivity index (χ2n) is 5.89. The molecule has 112 valence electrons. The number of hydrogen-bond donors (Lipinski definition) is 1. The second kappa shape index (κ2) is 8.15. The van der Waals surface area contributed by atoms with Crippen molar-refractivity contribution < 1.29 is 14.3 Å². The highest BCUT2D eigenvalue weighted by Crippen LogP contribution is 2.26.